The minimum Gasteiger partial charge on any atom is -0.394 e. The second-order valence-corrected chi connectivity index (χ2v) is 5.00. The lowest BCUT2D eigenvalue weighted by Crippen LogP contribution is -2.15. The minimum atomic E-state index is -3.41. The first kappa shape index (κ1) is 12.5. The SMILES string of the molecule is BC(CO)OP(=O)(S)OCCO. The van der Waals surface area contributed by atoms with Gasteiger partial charge in [-0.05, 0) is 0 Å². The summed E-state index contributed by atoms with van der Waals surface area (Å²) in [5.74, 6) is 0. The molecule has 2 unspecified atom stereocenters. The third-order valence-corrected chi connectivity index (χ3v) is 2.68. The van der Waals surface area contributed by atoms with Gasteiger partial charge in [-0.2, -0.15) is 0 Å². The molecule has 0 aromatic carbocycles. The molecular formula is C4H12BO5PS. The normalized spacial score (nSPS) is 18.6. The van der Waals surface area contributed by atoms with Gasteiger partial charge in [-0.3, -0.25) is 4.52 Å². The fourth-order valence-corrected chi connectivity index (χ4v) is 2.07. The first-order valence-corrected chi connectivity index (χ1v) is 6.09. The Balaban J connectivity index is 3.78. The van der Waals surface area contributed by atoms with Gasteiger partial charge in [-0.25, -0.2) is 4.57 Å². The van der Waals surface area contributed by atoms with Gasteiger partial charge in [0.05, 0.1) is 25.8 Å². The smallest absolute Gasteiger partial charge is 0.385 e. The van der Waals surface area contributed by atoms with Gasteiger partial charge < -0.3 is 14.7 Å². The van der Waals surface area contributed by atoms with E-state index in [0.29, 0.717) is 0 Å². The van der Waals surface area contributed by atoms with Gasteiger partial charge in [0, 0.05) is 0 Å². The maximum absolute atomic E-state index is 11.1. The summed E-state index contributed by atoms with van der Waals surface area (Å²) in [6.45, 7) is -4.01. The monoisotopic (exact) mass is 214 g/mol. The highest BCUT2D eigenvalue weighted by Crippen LogP contribution is 2.53. The van der Waals surface area contributed by atoms with Crippen LogP contribution in [0.25, 0.3) is 0 Å². The van der Waals surface area contributed by atoms with Crippen molar-refractivity contribution in [2.24, 2.45) is 0 Å². The van der Waals surface area contributed by atoms with Crippen molar-refractivity contribution in [2.75, 3.05) is 19.8 Å². The Morgan fingerprint density at radius 2 is 2.17 bits per heavy atom. The molecule has 0 saturated heterocycles. The van der Waals surface area contributed by atoms with Crippen LogP contribution in [0.4, 0.5) is 0 Å². The van der Waals surface area contributed by atoms with Crippen LogP contribution in [0, 0.1) is 0 Å². The van der Waals surface area contributed by atoms with Gasteiger partial charge in [-0.1, -0.05) is 12.2 Å². The average Bonchev–Trinajstić information content (AvgIpc) is 2.00. The van der Waals surface area contributed by atoms with Gasteiger partial charge in [0.2, 0.25) is 0 Å². The van der Waals surface area contributed by atoms with E-state index in [2.05, 4.69) is 16.8 Å². The van der Waals surface area contributed by atoms with Crippen molar-refractivity contribution in [3.05, 3.63) is 0 Å². The second-order valence-electron chi connectivity index (χ2n) is 2.12. The van der Waals surface area contributed by atoms with Crippen LogP contribution < -0.4 is 0 Å². The fourth-order valence-electron chi connectivity index (χ4n) is 0.447. The summed E-state index contributed by atoms with van der Waals surface area (Å²) < 4.78 is 20.5. The van der Waals surface area contributed by atoms with E-state index >= 15 is 0 Å². The molecular weight excluding hydrogens is 202 g/mol. The third kappa shape index (κ3) is 6.05. The Morgan fingerprint density at radius 1 is 1.58 bits per heavy atom. The standard InChI is InChI=1S/C4H12BO5PS/c5-4(3-7)10-11(8,12)9-2-1-6/h4,6-7H,1-3,5H2,(H,8,12). The Bertz CT molecular complexity index is 168. The molecule has 0 aromatic rings. The lowest BCUT2D eigenvalue weighted by atomic mass is 10.0. The molecule has 0 rings (SSSR count). The molecule has 0 aliphatic heterocycles. The number of thiol groups is 1. The number of aliphatic hydroxyl groups excluding tert-OH is 2. The van der Waals surface area contributed by atoms with Crippen LogP contribution >= 0.6 is 19.0 Å². The number of hydrogen-bond acceptors (Lipinski definition) is 5. The van der Waals surface area contributed by atoms with E-state index in [1.807, 2.05) is 0 Å². The molecule has 0 amide bonds. The minimum absolute atomic E-state index is 0.0983. The van der Waals surface area contributed by atoms with Crippen LogP contribution in [0.3, 0.4) is 0 Å². The van der Waals surface area contributed by atoms with E-state index in [4.69, 9.17) is 14.7 Å². The van der Waals surface area contributed by atoms with E-state index in [-0.39, 0.29) is 19.8 Å². The third-order valence-electron chi connectivity index (χ3n) is 0.916. The Hall–Kier alpha value is 0.485. The molecule has 12 heavy (non-hydrogen) atoms. The van der Waals surface area contributed by atoms with Crippen molar-refractivity contribution in [2.45, 2.75) is 6.00 Å². The highest BCUT2D eigenvalue weighted by molar-refractivity contribution is 8.44. The molecule has 0 saturated carbocycles. The fraction of sp³-hybridized carbons (Fsp3) is 1.00. The van der Waals surface area contributed by atoms with Crippen molar-refractivity contribution >= 4 is 26.9 Å². The lowest BCUT2D eigenvalue weighted by Gasteiger charge is -2.16. The highest BCUT2D eigenvalue weighted by atomic mass is 32.7. The van der Waals surface area contributed by atoms with Gasteiger partial charge in [0.1, 0.15) is 7.85 Å². The summed E-state index contributed by atoms with van der Waals surface area (Å²) in [5, 5.41) is 16.9. The van der Waals surface area contributed by atoms with E-state index in [1.165, 1.54) is 7.85 Å². The van der Waals surface area contributed by atoms with Gasteiger partial charge >= 0.3 is 6.80 Å². The molecule has 0 aromatic heterocycles. The summed E-state index contributed by atoms with van der Waals surface area (Å²) in [6.07, 6.45) is 0. The van der Waals surface area contributed by atoms with Crippen LogP contribution in [0.1, 0.15) is 0 Å². The number of rotatable bonds is 6. The first-order valence-electron chi connectivity index (χ1n) is 3.39. The molecule has 0 bridgehead atoms. The molecule has 0 spiro atoms. The van der Waals surface area contributed by atoms with Crippen LogP contribution in [-0.2, 0) is 13.6 Å². The zero-order valence-corrected chi connectivity index (χ0v) is 8.50. The highest BCUT2D eigenvalue weighted by Gasteiger charge is 2.21. The molecule has 8 heteroatoms. The van der Waals surface area contributed by atoms with E-state index in [0.717, 1.165) is 0 Å². The van der Waals surface area contributed by atoms with Gasteiger partial charge in [-0.15, -0.1) is 0 Å². The zero-order chi connectivity index (χ0) is 9.61. The Kier molecular flexibility index (Phi) is 6.26. The predicted molar refractivity (Wildman–Crippen MR) is 50.1 cm³/mol. The van der Waals surface area contributed by atoms with Crippen molar-refractivity contribution in [3.8, 4) is 0 Å². The molecule has 0 aliphatic carbocycles. The molecule has 0 aliphatic rings. The van der Waals surface area contributed by atoms with Crippen LogP contribution in [0.15, 0.2) is 0 Å². The largest absolute Gasteiger partial charge is 0.394 e. The maximum Gasteiger partial charge on any atom is 0.385 e. The van der Waals surface area contributed by atoms with Crippen LogP contribution in [-0.4, -0.2) is 43.9 Å². The molecule has 0 heterocycles. The maximum atomic E-state index is 11.1. The lowest BCUT2D eigenvalue weighted by molar-refractivity contribution is 0.133. The molecule has 2 N–H and O–H groups in total. The van der Waals surface area contributed by atoms with E-state index in [1.54, 1.807) is 0 Å². The van der Waals surface area contributed by atoms with E-state index in [9.17, 15) is 4.57 Å². The molecule has 5 nitrogen and oxygen atoms in total. The predicted octanol–water partition coefficient (Wildman–Crippen LogP) is -0.999. The summed E-state index contributed by atoms with van der Waals surface area (Å²) in [5.41, 5.74) is 0. The summed E-state index contributed by atoms with van der Waals surface area (Å²) >= 11 is 3.60. The first-order chi connectivity index (χ1) is 5.52. The summed E-state index contributed by atoms with van der Waals surface area (Å²) in [6, 6.07) is -0.591. The van der Waals surface area contributed by atoms with Crippen LogP contribution in [0.5, 0.6) is 0 Å². The Labute approximate surface area is 77.2 Å². The quantitative estimate of drug-likeness (QED) is 0.300. The number of hydrogen-bond donors (Lipinski definition) is 3. The van der Waals surface area contributed by atoms with Crippen molar-refractivity contribution in [1.29, 1.82) is 0 Å². The van der Waals surface area contributed by atoms with Gasteiger partial charge in [0.15, 0.2) is 0 Å². The summed E-state index contributed by atoms with van der Waals surface area (Å²) in [4.78, 5) is 0. The molecule has 72 valence electrons. The van der Waals surface area contributed by atoms with Gasteiger partial charge in [0.25, 0.3) is 0 Å². The van der Waals surface area contributed by atoms with E-state index < -0.39 is 12.8 Å². The summed E-state index contributed by atoms with van der Waals surface area (Å²) in [7, 11) is 1.53. The second kappa shape index (κ2) is 6.02. The molecule has 0 fully saturated rings. The van der Waals surface area contributed by atoms with Crippen molar-refractivity contribution in [1.82, 2.24) is 0 Å². The molecule has 0 radical (unpaired) electrons. The Morgan fingerprint density at radius 3 is 2.58 bits per heavy atom. The van der Waals surface area contributed by atoms with Crippen molar-refractivity contribution < 1.29 is 23.8 Å². The number of aliphatic hydroxyl groups is 2. The van der Waals surface area contributed by atoms with Crippen LogP contribution in [0.2, 0.25) is 0 Å². The molecule has 2 atom stereocenters. The zero-order valence-electron chi connectivity index (χ0n) is 6.71. The average molecular weight is 214 g/mol. The van der Waals surface area contributed by atoms with Crippen molar-refractivity contribution in [3.63, 3.8) is 0 Å². The topological polar surface area (TPSA) is 76.0 Å².